The van der Waals surface area contributed by atoms with Gasteiger partial charge in [-0.2, -0.15) is 5.10 Å². The topological polar surface area (TPSA) is 68.3 Å². The minimum absolute atomic E-state index is 0.159. The second kappa shape index (κ2) is 4.05. The smallest absolute Gasteiger partial charge is 0.338 e. The molecule has 78 valence electrons. The lowest BCUT2D eigenvalue weighted by molar-refractivity contribution is 0.0696. The van der Waals surface area contributed by atoms with Crippen LogP contribution in [0.1, 0.15) is 16.1 Å². The SMILES string of the molecule is O=C(O)c1coc(Cn2cc(I)cn2)c1. The summed E-state index contributed by atoms with van der Waals surface area (Å²) in [6, 6.07) is 1.50. The Morgan fingerprint density at radius 2 is 2.47 bits per heavy atom. The van der Waals surface area contributed by atoms with Crippen LogP contribution >= 0.6 is 22.6 Å². The fraction of sp³-hybridized carbons (Fsp3) is 0.111. The van der Waals surface area contributed by atoms with E-state index in [1.807, 2.05) is 6.20 Å². The Morgan fingerprint density at radius 3 is 3.00 bits per heavy atom. The molecule has 1 N–H and O–H groups in total. The zero-order valence-corrected chi connectivity index (χ0v) is 9.71. The summed E-state index contributed by atoms with van der Waals surface area (Å²) in [5.41, 5.74) is 0.159. The number of carboxylic acid groups (broad SMARTS) is 1. The van der Waals surface area contributed by atoms with Crippen molar-refractivity contribution in [2.75, 3.05) is 0 Å². The van der Waals surface area contributed by atoms with E-state index >= 15 is 0 Å². The number of carbonyl (C=O) groups is 1. The molecule has 2 rings (SSSR count). The van der Waals surface area contributed by atoms with Gasteiger partial charge in [-0.05, 0) is 28.7 Å². The van der Waals surface area contributed by atoms with E-state index in [2.05, 4.69) is 27.7 Å². The lowest BCUT2D eigenvalue weighted by Gasteiger charge is -1.95. The van der Waals surface area contributed by atoms with E-state index in [1.165, 1.54) is 12.3 Å². The molecule has 0 aromatic carbocycles. The average molecular weight is 318 g/mol. The highest BCUT2D eigenvalue weighted by molar-refractivity contribution is 14.1. The minimum Gasteiger partial charge on any atom is -0.478 e. The number of aromatic carboxylic acids is 1. The van der Waals surface area contributed by atoms with Gasteiger partial charge in [0.1, 0.15) is 12.0 Å². The first-order chi connectivity index (χ1) is 7.15. The predicted octanol–water partition coefficient (Wildman–Crippen LogP) is 1.83. The number of hydrogen-bond donors (Lipinski definition) is 1. The van der Waals surface area contributed by atoms with E-state index in [1.54, 1.807) is 10.9 Å². The number of nitrogens with zero attached hydrogens (tertiary/aromatic N) is 2. The molecule has 0 aliphatic carbocycles. The Balaban J connectivity index is 2.14. The third-order valence-corrected chi connectivity index (χ3v) is 2.38. The molecular formula is C9H7IN2O3. The zero-order valence-electron chi connectivity index (χ0n) is 7.55. The van der Waals surface area contributed by atoms with E-state index in [4.69, 9.17) is 9.52 Å². The second-order valence-electron chi connectivity index (χ2n) is 2.96. The van der Waals surface area contributed by atoms with E-state index in [0.717, 1.165) is 3.57 Å². The molecule has 2 aromatic rings. The lowest BCUT2D eigenvalue weighted by atomic mass is 10.3. The van der Waals surface area contributed by atoms with Gasteiger partial charge in [0, 0.05) is 6.20 Å². The van der Waals surface area contributed by atoms with Crippen molar-refractivity contribution in [3.05, 3.63) is 39.6 Å². The second-order valence-corrected chi connectivity index (χ2v) is 4.21. The van der Waals surface area contributed by atoms with Crippen LogP contribution in [0.3, 0.4) is 0 Å². The summed E-state index contributed by atoms with van der Waals surface area (Å²) in [7, 11) is 0. The van der Waals surface area contributed by atoms with E-state index in [0.29, 0.717) is 12.3 Å². The van der Waals surface area contributed by atoms with E-state index < -0.39 is 5.97 Å². The molecule has 15 heavy (non-hydrogen) atoms. The maximum atomic E-state index is 10.6. The fourth-order valence-electron chi connectivity index (χ4n) is 1.16. The summed E-state index contributed by atoms with van der Waals surface area (Å²) in [5, 5.41) is 12.8. The van der Waals surface area contributed by atoms with Crippen molar-refractivity contribution in [3.8, 4) is 0 Å². The summed E-state index contributed by atoms with van der Waals surface area (Å²) >= 11 is 2.15. The Bertz CT molecular complexity index is 489. The van der Waals surface area contributed by atoms with Gasteiger partial charge >= 0.3 is 5.97 Å². The first-order valence-corrected chi connectivity index (χ1v) is 5.21. The highest BCUT2D eigenvalue weighted by Crippen LogP contribution is 2.10. The highest BCUT2D eigenvalue weighted by atomic mass is 127. The Morgan fingerprint density at radius 1 is 1.67 bits per heavy atom. The molecule has 0 fully saturated rings. The van der Waals surface area contributed by atoms with Gasteiger partial charge in [-0.3, -0.25) is 4.68 Å². The molecule has 0 saturated heterocycles. The lowest BCUT2D eigenvalue weighted by Crippen LogP contribution is -1.98. The largest absolute Gasteiger partial charge is 0.478 e. The van der Waals surface area contributed by atoms with Crippen molar-refractivity contribution < 1.29 is 14.3 Å². The number of rotatable bonds is 3. The van der Waals surface area contributed by atoms with E-state index in [9.17, 15) is 4.79 Å². The molecule has 0 amide bonds. The predicted molar refractivity (Wildman–Crippen MR) is 59.7 cm³/mol. The van der Waals surface area contributed by atoms with Crippen molar-refractivity contribution in [3.63, 3.8) is 0 Å². The Labute approximate surface area is 98.8 Å². The molecule has 0 atom stereocenters. The first-order valence-electron chi connectivity index (χ1n) is 4.14. The number of aromatic nitrogens is 2. The van der Waals surface area contributed by atoms with Gasteiger partial charge in [0.05, 0.1) is 21.9 Å². The third kappa shape index (κ3) is 2.38. The van der Waals surface area contributed by atoms with Gasteiger partial charge in [-0.15, -0.1) is 0 Å². The monoisotopic (exact) mass is 318 g/mol. The van der Waals surface area contributed by atoms with Gasteiger partial charge in [0.15, 0.2) is 0 Å². The molecular weight excluding hydrogens is 311 g/mol. The van der Waals surface area contributed by atoms with Crippen molar-refractivity contribution >= 4 is 28.6 Å². The van der Waals surface area contributed by atoms with Crippen LogP contribution in [0.4, 0.5) is 0 Å². The van der Waals surface area contributed by atoms with Crippen LogP contribution in [0.2, 0.25) is 0 Å². The number of halogens is 1. The van der Waals surface area contributed by atoms with Crippen molar-refractivity contribution in [1.82, 2.24) is 9.78 Å². The van der Waals surface area contributed by atoms with Crippen molar-refractivity contribution in [2.24, 2.45) is 0 Å². The van der Waals surface area contributed by atoms with E-state index in [-0.39, 0.29) is 5.56 Å². The third-order valence-electron chi connectivity index (χ3n) is 1.82. The Kier molecular flexibility index (Phi) is 2.76. The van der Waals surface area contributed by atoms with Gasteiger partial charge in [-0.25, -0.2) is 4.79 Å². The van der Waals surface area contributed by atoms with Crippen LogP contribution in [0.5, 0.6) is 0 Å². The van der Waals surface area contributed by atoms with Crippen LogP contribution in [0, 0.1) is 3.57 Å². The molecule has 0 saturated carbocycles. The minimum atomic E-state index is -0.986. The average Bonchev–Trinajstić information content (AvgIpc) is 2.76. The van der Waals surface area contributed by atoms with Gasteiger partial charge < -0.3 is 9.52 Å². The van der Waals surface area contributed by atoms with Gasteiger partial charge in [-0.1, -0.05) is 0 Å². The molecule has 0 radical (unpaired) electrons. The van der Waals surface area contributed by atoms with Crippen LogP contribution in [0.15, 0.2) is 29.1 Å². The van der Waals surface area contributed by atoms with Crippen LogP contribution in [-0.2, 0) is 6.54 Å². The standard InChI is InChI=1S/C9H7IN2O3/c10-7-2-11-12(3-7)4-8-1-6(5-15-8)9(13)14/h1-3,5H,4H2,(H,13,14). The molecule has 0 aliphatic rings. The maximum Gasteiger partial charge on any atom is 0.338 e. The normalized spacial score (nSPS) is 10.5. The highest BCUT2D eigenvalue weighted by Gasteiger charge is 2.08. The molecule has 0 bridgehead atoms. The molecule has 2 heterocycles. The van der Waals surface area contributed by atoms with Gasteiger partial charge in [0.2, 0.25) is 0 Å². The number of furan rings is 1. The van der Waals surface area contributed by atoms with Crippen molar-refractivity contribution in [1.29, 1.82) is 0 Å². The molecule has 6 heteroatoms. The fourth-order valence-corrected chi connectivity index (χ4v) is 1.61. The molecule has 2 aromatic heterocycles. The van der Waals surface area contributed by atoms with Crippen LogP contribution < -0.4 is 0 Å². The molecule has 0 spiro atoms. The summed E-state index contributed by atoms with van der Waals surface area (Å²) in [6.07, 6.45) is 4.80. The first kappa shape index (κ1) is 10.2. The van der Waals surface area contributed by atoms with Crippen LogP contribution in [0.25, 0.3) is 0 Å². The maximum absolute atomic E-state index is 10.6. The summed E-state index contributed by atoms with van der Waals surface area (Å²) < 4.78 is 7.81. The van der Waals surface area contributed by atoms with Crippen molar-refractivity contribution in [2.45, 2.75) is 6.54 Å². The molecule has 0 aliphatic heterocycles. The Hall–Kier alpha value is -1.31. The number of carboxylic acids is 1. The molecule has 0 unspecified atom stereocenters. The quantitative estimate of drug-likeness (QED) is 0.877. The number of hydrogen-bond acceptors (Lipinski definition) is 3. The summed E-state index contributed by atoms with van der Waals surface area (Å²) in [6.45, 7) is 0.441. The molecule has 5 nitrogen and oxygen atoms in total. The van der Waals surface area contributed by atoms with Crippen LogP contribution in [-0.4, -0.2) is 20.9 Å². The summed E-state index contributed by atoms with van der Waals surface area (Å²) in [4.78, 5) is 10.6. The van der Waals surface area contributed by atoms with Gasteiger partial charge in [0.25, 0.3) is 0 Å². The zero-order chi connectivity index (χ0) is 10.8. The summed E-state index contributed by atoms with van der Waals surface area (Å²) in [5.74, 6) is -0.410.